The van der Waals surface area contributed by atoms with E-state index in [1.165, 1.54) is 32.1 Å². The first-order valence-corrected chi connectivity index (χ1v) is 6.59. The third kappa shape index (κ3) is 3.25. The van der Waals surface area contributed by atoms with Crippen LogP contribution in [0.2, 0.25) is 0 Å². The average molecular weight is 248 g/mol. The van der Waals surface area contributed by atoms with Gasteiger partial charge in [-0.25, -0.2) is 0 Å². The largest absolute Gasteiger partial charge is 0.493 e. The van der Waals surface area contributed by atoms with E-state index in [0.717, 1.165) is 12.9 Å². The van der Waals surface area contributed by atoms with E-state index in [4.69, 9.17) is 9.47 Å². The fourth-order valence-corrected chi connectivity index (χ4v) is 2.44. The van der Waals surface area contributed by atoms with Crippen molar-refractivity contribution in [3.8, 4) is 11.5 Å². The van der Waals surface area contributed by atoms with Gasteiger partial charge in [0.2, 0.25) is 0 Å². The summed E-state index contributed by atoms with van der Waals surface area (Å²) in [6.45, 7) is 0.721. The number of hydrogen-bond donors (Lipinski definition) is 0. The molecule has 1 saturated carbocycles. The minimum absolute atomic E-state index is 0.620. The standard InChI is InChI=1S/C15H20O3/c1-17-14-8-7-13(10-16)9-15(14)18-11-12-5-3-2-4-6-12/h7-10,12H,2-6,11H2,1H3. The first-order chi connectivity index (χ1) is 8.83. The summed E-state index contributed by atoms with van der Waals surface area (Å²) in [4.78, 5) is 10.8. The summed E-state index contributed by atoms with van der Waals surface area (Å²) in [7, 11) is 1.61. The summed E-state index contributed by atoms with van der Waals surface area (Å²) >= 11 is 0. The molecule has 0 heterocycles. The smallest absolute Gasteiger partial charge is 0.161 e. The highest BCUT2D eigenvalue weighted by Crippen LogP contribution is 2.30. The topological polar surface area (TPSA) is 35.5 Å². The van der Waals surface area contributed by atoms with Crippen LogP contribution in [0.4, 0.5) is 0 Å². The van der Waals surface area contributed by atoms with Crippen LogP contribution in [0.25, 0.3) is 0 Å². The van der Waals surface area contributed by atoms with Crippen LogP contribution in [-0.4, -0.2) is 20.0 Å². The van der Waals surface area contributed by atoms with Crippen LogP contribution in [0.15, 0.2) is 18.2 Å². The minimum atomic E-state index is 0.620. The molecule has 1 fully saturated rings. The van der Waals surface area contributed by atoms with E-state index in [1.54, 1.807) is 25.3 Å². The Morgan fingerprint density at radius 2 is 2.00 bits per heavy atom. The Kier molecular flexibility index (Phi) is 4.62. The molecule has 0 bridgehead atoms. The number of hydrogen-bond acceptors (Lipinski definition) is 3. The van der Waals surface area contributed by atoms with Gasteiger partial charge < -0.3 is 9.47 Å². The second-order valence-electron chi connectivity index (χ2n) is 4.84. The molecule has 0 unspecified atom stereocenters. The maximum atomic E-state index is 10.8. The van der Waals surface area contributed by atoms with Crippen molar-refractivity contribution in [2.45, 2.75) is 32.1 Å². The van der Waals surface area contributed by atoms with Crippen LogP contribution in [0, 0.1) is 5.92 Å². The van der Waals surface area contributed by atoms with Crippen LogP contribution >= 0.6 is 0 Å². The second kappa shape index (κ2) is 6.43. The predicted octanol–water partition coefficient (Wildman–Crippen LogP) is 3.47. The molecule has 18 heavy (non-hydrogen) atoms. The molecule has 0 spiro atoms. The van der Waals surface area contributed by atoms with Crippen molar-refractivity contribution < 1.29 is 14.3 Å². The average Bonchev–Trinajstić information content (AvgIpc) is 2.45. The van der Waals surface area contributed by atoms with Crippen molar-refractivity contribution in [2.24, 2.45) is 5.92 Å². The number of ether oxygens (including phenoxy) is 2. The van der Waals surface area contributed by atoms with Gasteiger partial charge in [0.15, 0.2) is 11.5 Å². The maximum absolute atomic E-state index is 10.8. The Morgan fingerprint density at radius 3 is 2.67 bits per heavy atom. The van der Waals surface area contributed by atoms with Crippen LogP contribution < -0.4 is 9.47 Å². The second-order valence-corrected chi connectivity index (χ2v) is 4.84. The highest BCUT2D eigenvalue weighted by molar-refractivity contribution is 5.76. The molecule has 0 N–H and O–H groups in total. The van der Waals surface area contributed by atoms with E-state index in [1.807, 2.05) is 0 Å². The van der Waals surface area contributed by atoms with E-state index < -0.39 is 0 Å². The Bertz CT molecular complexity index is 395. The van der Waals surface area contributed by atoms with E-state index in [9.17, 15) is 4.79 Å². The zero-order valence-corrected chi connectivity index (χ0v) is 10.9. The van der Waals surface area contributed by atoms with Gasteiger partial charge in [0.25, 0.3) is 0 Å². The molecular weight excluding hydrogens is 228 g/mol. The molecule has 0 atom stereocenters. The van der Waals surface area contributed by atoms with E-state index >= 15 is 0 Å². The number of methoxy groups -OCH3 is 1. The Labute approximate surface area is 108 Å². The van der Waals surface area contributed by atoms with Crippen molar-refractivity contribution in [3.63, 3.8) is 0 Å². The zero-order chi connectivity index (χ0) is 12.8. The summed E-state index contributed by atoms with van der Waals surface area (Å²) in [6, 6.07) is 5.26. The molecule has 0 aliphatic heterocycles. The van der Waals surface area contributed by atoms with Crippen molar-refractivity contribution >= 4 is 6.29 Å². The van der Waals surface area contributed by atoms with Crippen LogP contribution in [0.5, 0.6) is 11.5 Å². The van der Waals surface area contributed by atoms with Crippen molar-refractivity contribution in [1.82, 2.24) is 0 Å². The number of carbonyl (C=O) groups is 1. The zero-order valence-electron chi connectivity index (χ0n) is 10.9. The Hall–Kier alpha value is -1.51. The van der Waals surface area contributed by atoms with Crippen molar-refractivity contribution in [1.29, 1.82) is 0 Å². The van der Waals surface area contributed by atoms with Gasteiger partial charge in [-0.1, -0.05) is 19.3 Å². The quantitative estimate of drug-likeness (QED) is 0.748. The highest BCUT2D eigenvalue weighted by atomic mass is 16.5. The SMILES string of the molecule is COc1ccc(C=O)cc1OCC1CCCCC1. The summed E-state index contributed by atoms with van der Waals surface area (Å²) in [5, 5.41) is 0. The van der Waals surface area contributed by atoms with Crippen LogP contribution in [-0.2, 0) is 0 Å². The Balaban J connectivity index is 1.99. The first-order valence-electron chi connectivity index (χ1n) is 6.59. The third-order valence-electron chi connectivity index (χ3n) is 3.52. The van der Waals surface area contributed by atoms with E-state index in [0.29, 0.717) is 23.0 Å². The molecule has 98 valence electrons. The van der Waals surface area contributed by atoms with Gasteiger partial charge in [-0.15, -0.1) is 0 Å². The van der Waals surface area contributed by atoms with Gasteiger partial charge in [-0.2, -0.15) is 0 Å². The van der Waals surface area contributed by atoms with Crippen molar-refractivity contribution in [3.05, 3.63) is 23.8 Å². The van der Waals surface area contributed by atoms with E-state index in [2.05, 4.69) is 0 Å². The van der Waals surface area contributed by atoms with Crippen LogP contribution in [0.1, 0.15) is 42.5 Å². The maximum Gasteiger partial charge on any atom is 0.161 e. The van der Waals surface area contributed by atoms with Gasteiger partial charge in [-0.3, -0.25) is 4.79 Å². The third-order valence-corrected chi connectivity index (χ3v) is 3.52. The molecule has 0 amide bonds. The highest BCUT2D eigenvalue weighted by Gasteiger charge is 2.15. The molecule has 1 aliphatic rings. The fraction of sp³-hybridized carbons (Fsp3) is 0.533. The van der Waals surface area contributed by atoms with Crippen molar-refractivity contribution in [2.75, 3.05) is 13.7 Å². The lowest BCUT2D eigenvalue weighted by atomic mass is 9.90. The lowest BCUT2D eigenvalue weighted by Crippen LogP contribution is -2.15. The Morgan fingerprint density at radius 1 is 1.22 bits per heavy atom. The molecule has 3 heteroatoms. The summed E-state index contributed by atoms with van der Waals surface area (Å²) in [5.41, 5.74) is 0.620. The number of benzene rings is 1. The normalized spacial score (nSPS) is 16.3. The lowest BCUT2D eigenvalue weighted by molar-refractivity contribution is 0.112. The van der Waals surface area contributed by atoms with Gasteiger partial charge in [0.05, 0.1) is 13.7 Å². The molecule has 1 aromatic rings. The van der Waals surface area contributed by atoms with E-state index in [-0.39, 0.29) is 0 Å². The van der Waals surface area contributed by atoms with Gasteiger partial charge >= 0.3 is 0 Å². The molecule has 1 aliphatic carbocycles. The lowest BCUT2D eigenvalue weighted by Gasteiger charge is -2.22. The number of carbonyl (C=O) groups excluding carboxylic acids is 1. The van der Waals surface area contributed by atoms with Gasteiger partial charge in [-0.05, 0) is 37.0 Å². The predicted molar refractivity (Wildman–Crippen MR) is 70.5 cm³/mol. The summed E-state index contributed by atoms with van der Waals surface area (Å²) in [5.74, 6) is 2.01. The molecule has 3 nitrogen and oxygen atoms in total. The molecular formula is C15H20O3. The van der Waals surface area contributed by atoms with Gasteiger partial charge in [0.1, 0.15) is 6.29 Å². The first kappa shape index (κ1) is 12.9. The summed E-state index contributed by atoms with van der Waals surface area (Å²) in [6.07, 6.45) is 7.28. The minimum Gasteiger partial charge on any atom is -0.493 e. The molecule has 1 aromatic carbocycles. The molecule has 0 saturated heterocycles. The van der Waals surface area contributed by atoms with Crippen LogP contribution in [0.3, 0.4) is 0 Å². The molecule has 0 radical (unpaired) electrons. The monoisotopic (exact) mass is 248 g/mol. The summed E-state index contributed by atoms with van der Waals surface area (Å²) < 4.78 is 11.1. The fourth-order valence-electron chi connectivity index (χ4n) is 2.44. The number of rotatable bonds is 5. The molecule has 2 rings (SSSR count). The molecule has 0 aromatic heterocycles. The van der Waals surface area contributed by atoms with Gasteiger partial charge in [0, 0.05) is 5.56 Å². The number of aldehydes is 1.